The molecule has 90 valence electrons. The van der Waals surface area contributed by atoms with Gasteiger partial charge in [0.25, 0.3) is 0 Å². The van der Waals surface area contributed by atoms with E-state index < -0.39 is 0 Å². The SMILES string of the molecule is CC(C)N(Cc1ccsc1)CC1CCCN1. The molecule has 1 aliphatic rings. The van der Waals surface area contributed by atoms with Crippen molar-refractivity contribution >= 4 is 11.3 Å². The Bertz CT molecular complexity index is 289. The van der Waals surface area contributed by atoms with Gasteiger partial charge in [-0.05, 0) is 55.6 Å². The summed E-state index contributed by atoms with van der Waals surface area (Å²) in [5.41, 5.74) is 1.46. The second kappa shape index (κ2) is 5.80. The molecule has 1 unspecified atom stereocenters. The number of nitrogens with zero attached hydrogens (tertiary/aromatic N) is 1. The highest BCUT2D eigenvalue weighted by Crippen LogP contribution is 2.14. The minimum atomic E-state index is 0.627. The average Bonchev–Trinajstić information content (AvgIpc) is 2.88. The molecule has 3 heteroatoms. The molecule has 1 aromatic heterocycles. The molecule has 1 fully saturated rings. The number of nitrogens with one attached hydrogen (secondary N) is 1. The first-order valence-corrected chi connectivity index (χ1v) is 7.18. The molecule has 0 aromatic carbocycles. The Morgan fingerprint density at radius 1 is 1.56 bits per heavy atom. The van der Waals surface area contributed by atoms with E-state index in [0.29, 0.717) is 12.1 Å². The van der Waals surface area contributed by atoms with Crippen LogP contribution in [0.4, 0.5) is 0 Å². The van der Waals surface area contributed by atoms with Gasteiger partial charge < -0.3 is 5.32 Å². The molecule has 1 saturated heterocycles. The van der Waals surface area contributed by atoms with Gasteiger partial charge in [0, 0.05) is 25.2 Å². The molecule has 0 aliphatic carbocycles. The highest BCUT2D eigenvalue weighted by atomic mass is 32.1. The maximum atomic E-state index is 3.58. The van der Waals surface area contributed by atoms with Crippen LogP contribution in [0.1, 0.15) is 32.3 Å². The van der Waals surface area contributed by atoms with Crippen LogP contribution < -0.4 is 5.32 Å². The fourth-order valence-corrected chi connectivity index (χ4v) is 2.93. The van der Waals surface area contributed by atoms with Crippen LogP contribution in [0, 0.1) is 0 Å². The second-order valence-electron chi connectivity index (χ2n) is 4.95. The summed E-state index contributed by atoms with van der Waals surface area (Å²) in [6, 6.07) is 3.57. The van der Waals surface area contributed by atoms with Crippen LogP contribution in [0.3, 0.4) is 0 Å². The van der Waals surface area contributed by atoms with Crippen LogP contribution >= 0.6 is 11.3 Å². The van der Waals surface area contributed by atoms with Gasteiger partial charge in [0.1, 0.15) is 0 Å². The van der Waals surface area contributed by atoms with E-state index in [1.807, 2.05) is 0 Å². The smallest absolute Gasteiger partial charge is 0.0245 e. The summed E-state index contributed by atoms with van der Waals surface area (Å²) in [4.78, 5) is 2.57. The predicted molar refractivity (Wildman–Crippen MR) is 70.9 cm³/mol. The molecule has 0 amide bonds. The maximum absolute atomic E-state index is 3.58. The summed E-state index contributed by atoms with van der Waals surface area (Å²) in [6.07, 6.45) is 2.68. The van der Waals surface area contributed by atoms with E-state index in [1.165, 1.54) is 31.5 Å². The Hall–Kier alpha value is -0.380. The van der Waals surface area contributed by atoms with E-state index in [9.17, 15) is 0 Å². The molecule has 0 radical (unpaired) electrons. The Kier molecular flexibility index (Phi) is 4.38. The van der Waals surface area contributed by atoms with Gasteiger partial charge in [-0.3, -0.25) is 4.90 Å². The van der Waals surface area contributed by atoms with Crippen molar-refractivity contribution in [2.45, 2.75) is 45.3 Å². The molecule has 1 aromatic rings. The Morgan fingerprint density at radius 3 is 3.00 bits per heavy atom. The van der Waals surface area contributed by atoms with Crippen LogP contribution in [0.25, 0.3) is 0 Å². The third kappa shape index (κ3) is 3.30. The first-order valence-electron chi connectivity index (χ1n) is 6.24. The summed E-state index contributed by atoms with van der Waals surface area (Å²) in [6.45, 7) is 8.07. The average molecular weight is 238 g/mol. The summed E-state index contributed by atoms with van der Waals surface area (Å²) >= 11 is 1.79. The van der Waals surface area contributed by atoms with Gasteiger partial charge >= 0.3 is 0 Å². The van der Waals surface area contributed by atoms with Gasteiger partial charge in [0.2, 0.25) is 0 Å². The lowest BCUT2D eigenvalue weighted by atomic mass is 10.1. The second-order valence-corrected chi connectivity index (χ2v) is 5.73. The molecule has 2 heterocycles. The van der Waals surface area contributed by atoms with Crippen LogP contribution in [-0.4, -0.2) is 30.1 Å². The minimum absolute atomic E-state index is 0.627. The monoisotopic (exact) mass is 238 g/mol. The van der Waals surface area contributed by atoms with Gasteiger partial charge in [-0.25, -0.2) is 0 Å². The Morgan fingerprint density at radius 2 is 2.44 bits per heavy atom. The standard InChI is InChI=1S/C13H22N2S/c1-11(2)15(8-12-5-7-16-10-12)9-13-4-3-6-14-13/h5,7,10-11,13-14H,3-4,6,8-9H2,1-2H3. The lowest BCUT2D eigenvalue weighted by Gasteiger charge is -2.29. The number of thiophene rings is 1. The van der Waals surface area contributed by atoms with Crippen LogP contribution in [-0.2, 0) is 6.54 Å². The van der Waals surface area contributed by atoms with Crippen molar-refractivity contribution in [3.63, 3.8) is 0 Å². The largest absolute Gasteiger partial charge is 0.313 e. The van der Waals surface area contributed by atoms with E-state index >= 15 is 0 Å². The summed E-state index contributed by atoms with van der Waals surface area (Å²) in [5, 5.41) is 8.01. The first-order chi connectivity index (χ1) is 7.75. The maximum Gasteiger partial charge on any atom is 0.0245 e. The minimum Gasteiger partial charge on any atom is -0.313 e. The number of hydrogen-bond acceptors (Lipinski definition) is 3. The van der Waals surface area contributed by atoms with E-state index in [1.54, 1.807) is 11.3 Å². The molecule has 0 spiro atoms. The molecular formula is C13H22N2S. The lowest BCUT2D eigenvalue weighted by molar-refractivity contribution is 0.194. The van der Waals surface area contributed by atoms with Crippen LogP contribution in [0.15, 0.2) is 16.8 Å². The van der Waals surface area contributed by atoms with Gasteiger partial charge in [-0.15, -0.1) is 0 Å². The topological polar surface area (TPSA) is 15.3 Å². The van der Waals surface area contributed by atoms with Crippen LogP contribution in [0.5, 0.6) is 0 Å². The van der Waals surface area contributed by atoms with E-state index in [4.69, 9.17) is 0 Å². The molecule has 2 nitrogen and oxygen atoms in total. The zero-order chi connectivity index (χ0) is 11.4. The van der Waals surface area contributed by atoms with Gasteiger partial charge in [-0.1, -0.05) is 0 Å². The highest BCUT2D eigenvalue weighted by molar-refractivity contribution is 7.07. The number of rotatable bonds is 5. The normalized spacial score (nSPS) is 21.1. The van der Waals surface area contributed by atoms with Crippen molar-refractivity contribution in [2.24, 2.45) is 0 Å². The Labute approximate surface area is 103 Å². The molecule has 1 aliphatic heterocycles. The molecule has 0 bridgehead atoms. The quantitative estimate of drug-likeness (QED) is 0.848. The first kappa shape index (κ1) is 12.1. The fourth-order valence-electron chi connectivity index (χ4n) is 2.27. The third-order valence-electron chi connectivity index (χ3n) is 3.31. The molecule has 0 saturated carbocycles. The third-order valence-corrected chi connectivity index (χ3v) is 4.05. The van der Waals surface area contributed by atoms with Crippen molar-refractivity contribution < 1.29 is 0 Å². The van der Waals surface area contributed by atoms with Crippen molar-refractivity contribution in [3.8, 4) is 0 Å². The molecule has 2 rings (SSSR count). The predicted octanol–water partition coefficient (Wildman–Crippen LogP) is 2.71. The van der Waals surface area contributed by atoms with Crippen molar-refractivity contribution in [2.75, 3.05) is 13.1 Å². The number of hydrogen-bond donors (Lipinski definition) is 1. The van der Waals surface area contributed by atoms with Crippen molar-refractivity contribution in [3.05, 3.63) is 22.4 Å². The van der Waals surface area contributed by atoms with Gasteiger partial charge in [0.05, 0.1) is 0 Å². The van der Waals surface area contributed by atoms with Crippen molar-refractivity contribution in [1.82, 2.24) is 10.2 Å². The molecule has 1 atom stereocenters. The van der Waals surface area contributed by atoms with E-state index in [2.05, 4.69) is 40.9 Å². The summed E-state index contributed by atoms with van der Waals surface area (Å²) < 4.78 is 0. The summed E-state index contributed by atoms with van der Waals surface area (Å²) in [5.74, 6) is 0. The van der Waals surface area contributed by atoms with Gasteiger partial charge in [0.15, 0.2) is 0 Å². The van der Waals surface area contributed by atoms with Crippen LogP contribution in [0.2, 0.25) is 0 Å². The lowest BCUT2D eigenvalue weighted by Crippen LogP contribution is -2.40. The molecular weight excluding hydrogens is 216 g/mol. The molecule has 1 N–H and O–H groups in total. The summed E-state index contributed by atoms with van der Waals surface area (Å²) in [7, 11) is 0. The van der Waals surface area contributed by atoms with E-state index in [0.717, 1.165) is 6.54 Å². The zero-order valence-electron chi connectivity index (χ0n) is 10.3. The Balaban J connectivity index is 1.89. The highest BCUT2D eigenvalue weighted by Gasteiger charge is 2.19. The fraction of sp³-hybridized carbons (Fsp3) is 0.692. The van der Waals surface area contributed by atoms with E-state index in [-0.39, 0.29) is 0 Å². The van der Waals surface area contributed by atoms with Gasteiger partial charge in [-0.2, -0.15) is 11.3 Å². The molecule has 16 heavy (non-hydrogen) atoms. The van der Waals surface area contributed by atoms with Crippen molar-refractivity contribution in [1.29, 1.82) is 0 Å². The zero-order valence-corrected chi connectivity index (χ0v) is 11.1.